The Kier molecular flexibility index (Phi) is 4.74. The number of rotatable bonds is 4. The van der Waals surface area contributed by atoms with Crippen molar-refractivity contribution in [2.45, 2.75) is 6.61 Å². The second-order valence-corrected chi connectivity index (χ2v) is 4.93. The maximum absolute atomic E-state index is 13.5. The summed E-state index contributed by atoms with van der Waals surface area (Å²) in [5.41, 5.74) is 0.619. The van der Waals surface area contributed by atoms with Crippen molar-refractivity contribution < 1.29 is 18.7 Å². The first-order valence-electron chi connectivity index (χ1n) is 5.86. The molecule has 0 bridgehead atoms. The highest BCUT2D eigenvalue weighted by Gasteiger charge is 2.14. The Hall–Kier alpha value is -1.88. The zero-order valence-corrected chi connectivity index (χ0v) is 12.3. The fourth-order valence-electron chi connectivity index (χ4n) is 1.70. The standard InChI is InChI=1S/C15H12BrFO3/c1-19-14-5-3-2-4-10(14)9-20-15(18)12-8-11(16)6-7-13(12)17/h2-8H,9H2,1H3. The number of halogens is 2. The Labute approximate surface area is 124 Å². The Morgan fingerprint density at radius 3 is 2.75 bits per heavy atom. The summed E-state index contributed by atoms with van der Waals surface area (Å²) in [6.07, 6.45) is 0. The number of carbonyl (C=O) groups is 1. The van der Waals surface area contributed by atoms with Crippen molar-refractivity contribution in [3.63, 3.8) is 0 Å². The van der Waals surface area contributed by atoms with Gasteiger partial charge in [0.05, 0.1) is 12.7 Å². The van der Waals surface area contributed by atoms with Gasteiger partial charge in [0.15, 0.2) is 0 Å². The van der Waals surface area contributed by atoms with Gasteiger partial charge in [-0.25, -0.2) is 9.18 Å². The Morgan fingerprint density at radius 2 is 2.00 bits per heavy atom. The largest absolute Gasteiger partial charge is 0.496 e. The molecule has 2 aromatic rings. The van der Waals surface area contributed by atoms with Crippen LogP contribution < -0.4 is 4.74 Å². The summed E-state index contributed by atoms with van der Waals surface area (Å²) in [5.74, 6) is -0.706. The quantitative estimate of drug-likeness (QED) is 0.791. The van der Waals surface area contributed by atoms with Crippen molar-refractivity contribution in [1.82, 2.24) is 0 Å². The highest BCUT2D eigenvalue weighted by molar-refractivity contribution is 9.10. The molecule has 0 spiro atoms. The van der Waals surface area contributed by atoms with Crippen LogP contribution in [0.5, 0.6) is 5.75 Å². The molecular formula is C15H12BrFO3. The number of ether oxygens (including phenoxy) is 2. The summed E-state index contributed by atoms with van der Waals surface area (Å²) >= 11 is 3.19. The molecule has 0 atom stereocenters. The van der Waals surface area contributed by atoms with Crippen molar-refractivity contribution in [3.8, 4) is 5.75 Å². The lowest BCUT2D eigenvalue weighted by Crippen LogP contribution is -2.08. The third-order valence-corrected chi connectivity index (χ3v) is 3.19. The molecule has 0 aromatic heterocycles. The van der Waals surface area contributed by atoms with E-state index in [0.717, 1.165) is 5.56 Å². The molecule has 0 aliphatic heterocycles. The van der Waals surface area contributed by atoms with Crippen molar-refractivity contribution in [2.75, 3.05) is 7.11 Å². The molecule has 2 aromatic carbocycles. The summed E-state index contributed by atoms with van der Waals surface area (Å²) in [4.78, 5) is 11.9. The van der Waals surface area contributed by atoms with Gasteiger partial charge in [-0.05, 0) is 24.3 Å². The van der Waals surface area contributed by atoms with Crippen LogP contribution in [0.2, 0.25) is 0 Å². The lowest BCUT2D eigenvalue weighted by Gasteiger charge is -2.09. The topological polar surface area (TPSA) is 35.5 Å². The molecule has 3 nitrogen and oxygen atoms in total. The molecule has 0 heterocycles. The monoisotopic (exact) mass is 338 g/mol. The smallest absolute Gasteiger partial charge is 0.341 e. The lowest BCUT2D eigenvalue weighted by atomic mass is 10.2. The molecule has 0 saturated carbocycles. The predicted molar refractivity (Wildman–Crippen MR) is 76.2 cm³/mol. The molecule has 0 aliphatic rings. The minimum Gasteiger partial charge on any atom is -0.496 e. The van der Waals surface area contributed by atoms with Gasteiger partial charge in [0.2, 0.25) is 0 Å². The zero-order chi connectivity index (χ0) is 14.5. The summed E-state index contributed by atoms with van der Waals surface area (Å²) < 4.78 is 24.4. The summed E-state index contributed by atoms with van der Waals surface area (Å²) in [6.45, 7) is 0.0226. The molecule has 0 N–H and O–H groups in total. The van der Waals surface area contributed by atoms with Crippen LogP contribution in [0.4, 0.5) is 4.39 Å². The van der Waals surface area contributed by atoms with Gasteiger partial charge in [-0.2, -0.15) is 0 Å². The van der Waals surface area contributed by atoms with E-state index in [1.165, 1.54) is 25.3 Å². The third kappa shape index (κ3) is 3.36. The molecule has 0 fully saturated rings. The fourth-order valence-corrected chi connectivity index (χ4v) is 2.06. The van der Waals surface area contributed by atoms with Crippen LogP contribution in [0.3, 0.4) is 0 Å². The van der Waals surface area contributed by atoms with Gasteiger partial charge in [-0.3, -0.25) is 0 Å². The van der Waals surface area contributed by atoms with E-state index >= 15 is 0 Å². The summed E-state index contributed by atoms with van der Waals surface area (Å²) in [5, 5.41) is 0. The van der Waals surface area contributed by atoms with Crippen LogP contribution in [0.1, 0.15) is 15.9 Å². The maximum atomic E-state index is 13.5. The van der Waals surface area contributed by atoms with Crippen molar-refractivity contribution >= 4 is 21.9 Å². The van der Waals surface area contributed by atoms with Crippen molar-refractivity contribution in [3.05, 3.63) is 63.9 Å². The normalized spacial score (nSPS) is 10.2. The van der Waals surface area contributed by atoms with Crippen LogP contribution >= 0.6 is 15.9 Å². The number of methoxy groups -OCH3 is 1. The minimum atomic E-state index is -0.713. The molecule has 20 heavy (non-hydrogen) atoms. The maximum Gasteiger partial charge on any atom is 0.341 e. The average molecular weight is 339 g/mol. The summed E-state index contributed by atoms with van der Waals surface area (Å²) in [7, 11) is 1.54. The number of benzene rings is 2. The highest BCUT2D eigenvalue weighted by Crippen LogP contribution is 2.20. The van der Waals surface area contributed by atoms with E-state index in [-0.39, 0.29) is 12.2 Å². The van der Waals surface area contributed by atoms with Crippen LogP contribution in [0, 0.1) is 5.82 Å². The number of para-hydroxylation sites is 1. The summed E-state index contributed by atoms with van der Waals surface area (Å²) in [6, 6.07) is 11.3. The highest BCUT2D eigenvalue weighted by atomic mass is 79.9. The van der Waals surface area contributed by atoms with Gasteiger partial charge in [-0.1, -0.05) is 34.1 Å². The lowest BCUT2D eigenvalue weighted by molar-refractivity contribution is 0.0464. The van der Waals surface area contributed by atoms with E-state index in [1.54, 1.807) is 12.1 Å². The van der Waals surface area contributed by atoms with Gasteiger partial charge in [0.25, 0.3) is 0 Å². The number of hydrogen-bond acceptors (Lipinski definition) is 3. The van der Waals surface area contributed by atoms with Crippen molar-refractivity contribution in [2.24, 2.45) is 0 Å². The predicted octanol–water partition coefficient (Wildman–Crippen LogP) is 3.95. The van der Waals surface area contributed by atoms with Crippen LogP contribution in [0.15, 0.2) is 46.9 Å². The molecule has 2 rings (SSSR count). The van der Waals surface area contributed by atoms with E-state index in [0.29, 0.717) is 10.2 Å². The molecular weight excluding hydrogens is 327 g/mol. The average Bonchev–Trinajstić information content (AvgIpc) is 2.47. The molecule has 0 amide bonds. The first-order valence-corrected chi connectivity index (χ1v) is 6.65. The van der Waals surface area contributed by atoms with Crippen molar-refractivity contribution in [1.29, 1.82) is 0 Å². The van der Waals surface area contributed by atoms with Gasteiger partial charge >= 0.3 is 5.97 Å². The van der Waals surface area contributed by atoms with Gasteiger partial charge in [0.1, 0.15) is 18.2 Å². The molecule has 0 radical (unpaired) electrons. The second kappa shape index (κ2) is 6.52. The Bertz CT molecular complexity index is 628. The third-order valence-electron chi connectivity index (χ3n) is 2.70. The fraction of sp³-hybridized carbons (Fsp3) is 0.133. The first kappa shape index (κ1) is 14.5. The van der Waals surface area contributed by atoms with E-state index in [2.05, 4.69) is 15.9 Å². The molecule has 0 unspecified atom stereocenters. The van der Waals surface area contributed by atoms with Gasteiger partial charge in [0, 0.05) is 10.0 Å². The number of esters is 1. The second-order valence-electron chi connectivity index (χ2n) is 4.01. The van der Waals surface area contributed by atoms with Gasteiger partial charge < -0.3 is 9.47 Å². The first-order chi connectivity index (χ1) is 9.61. The van der Waals surface area contributed by atoms with E-state index in [9.17, 15) is 9.18 Å². The molecule has 0 saturated heterocycles. The van der Waals surface area contributed by atoms with Crippen LogP contribution in [0.25, 0.3) is 0 Å². The minimum absolute atomic E-state index is 0.0226. The Balaban J connectivity index is 2.11. The van der Waals surface area contributed by atoms with E-state index < -0.39 is 11.8 Å². The number of hydrogen-bond donors (Lipinski definition) is 0. The van der Waals surface area contributed by atoms with E-state index in [4.69, 9.17) is 9.47 Å². The SMILES string of the molecule is COc1ccccc1COC(=O)c1cc(Br)ccc1F. The molecule has 5 heteroatoms. The molecule has 0 aliphatic carbocycles. The van der Waals surface area contributed by atoms with Crippen LogP contribution in [-0.4, -0.2) is 13.1 Å². The molecule has 104 valence electrons. The zero-order valence-electron chi connectivity index (χ0n) is 10.7. The van der Waals surface area contributed by atoms with Gasteiger partial charge in [-0.15, -0.1) is 0 Å². The number of carbonyl (C=O) groups excluding carboxylic acids is 1. The van der Waals surface area contributed by atoms with Crippen LogP contribution in [-0.2, 0) is 11.3 Å². The van der Waals surface area contributed by atoms with E-state index in [1.807, 2.05) is 12.1 Å². The Morgan fingerprint density at radius 1 is 1.25 bits per heavy atom.